The lowest BCUT2D eigenvalue weighted by Gasteiger charge is -2.36. The topological polar surface area (TPSA) is 83.5 Å². The van der Waals surface area contributed by atoms with Crippen LogP contribution in [0.5, 0.6) is 5.75 Å². The number of rotatable bonds is 6. The normalized spacial score (nSPS) is 14.0. The first-order valence-corrected chi connectivity index (χ1v) is 10.2. The van der Waals surface area contributed by atoms with Crippen molar-refractivity contribution in [1.82, 2.24) is 19.9 Å². The summed E-state index contributed by atoms with van der Waals surface area (Å²) in [6, 6.07) is 9.77. The van der Waals surface area contributed by atoms with Crippen LogP contribution in [-0.2, 0) is 11.2 Å². The van der Waals surface area contributed by atoms with Crippen molar-refractivity contribution in [3.05, 3.63) is 53.8 Å². The van der Waals surface area contributed by atoms with E-state index in [2.05, 4.69) is 31.2 Å². The number of nitrogens with zero attached hydrogens (tertiary/aromatic N) is 5. The summed E-state index contributed by atoms with van der Waals surface area (Å²) in [4.78, 5) is 29.6. The Morgan fingerprint density at radius 1 is 1.17 bits per heavy atom. The molecule has 8 nitrogen and oxygen atoms in total. The predicted octanol–water partition coefficient (Wildman–Crippen LogP) is 2.58. The number of carbonyl (C=O) groups excluding carboxylic acids is 1. The van der Waals surface area contributed by atoms with Crippen LogP contribution >= 0.6 is 11.3 Å². The second kappa shape index (κ2) is 8.87. The van der Waals surface area contributed by atoms with Crippen molar-refractivity contribution in [1.29, 1.82) is 0 Å². The second-order valence-corrected chi connectivity index (χ2v) is 7.45. The Hall–Kier alpha value is -3.20. The number of ether oxygens (including phenoxy) is 1. The molecule has 4 rings (SSSR count). The average molecular weight is 411 g/mol. The number of hydrogen-bond donors (Lipinski definition) is 1. The largest absolute Gasteiger partial charge is 0.497 e. The molecular weight excluding hydrogens is 388 g/mol. The molecule has 0 bridgehead atoms. The summed E-state index contributed by atoms with van der Waals surface area (Å²) in [5.74, 6) is 1.44. The summed E-state index contributed by atoms with van der Waals surface area (Å²) in [5, 5.41) is 5.63. The number of anilines is 3. The lowest BCUT2D eigenvalue weighted by atomic mass is 10.2. The molecular formula is C20H22N6O2S. The summed E-state index contributed by atoms with van der Waals surface area (Å²) < 4.78 is 5.30. The minimum atomic E-state index is 0.100. The Labute approximate surface area is 173 Å². The number of nitrogens with one attached hydrogen (secondary N) is 1. The van der Waals surface area contributed by atoms with Crippen LogP contribution in [0.2, 0.25) is 0 Å². The molecule has 1 aromatic carbocycles. The molecule has 150 valence electrons. The third-order valence-corrected chi connectivity index (χ3v) is 5.53. The van der Waals surface area contributed by atoms with E-state index in [1.54, 1.807) is 25.6 Å². The van der Waals surface area contributed by atoms with Gasteiger partial charge in [-0.15, -0.1) is 11.3 Å². The van der Waals surface area contributed by atoms with Gasteiger partial charge in [0, 0.05) is 55.7 Å². The number of thiazole rings is 1. The molecule has 1 aliphatic rings. The highest BCUT2D eigenvalue weighted by Gasteiger charge is 2.22. The van der Waals surface area contributed by atoms with Gasteiger partial charge < -0.3 is 19.9 Å². The predicted molar refractivity (Wildman–Crippen MR) is 113 cm³/mol. The quantitative estimate of drug-likeness (QED) is 0.669. The number of aromatic nitrogens is 3. The maximum atomic E-state index is 12.7. The van der Waals surface area contributed by atoms with Crippen molar-refractivity contribution in [3.8, 4) is 5.75 Å². The molecule has 0 unspecified atom stereocenters. The van der Waals surface area contributed by atoms with E-state index in [9.17, 15) is 4.79 Å². The van der Waals surface area contributed by atoms with Crippen molar-refractivity contribution >= 4 is 34.0 Å². The van der Waals surface area contributed by atoms with E-state index in [0.717, 1.165) is 30.2 Å². The molecule has 1 saturated heterocycles. The van der Waals surface area contributed by atoms with E-state index >= 15 is 0 Å². The number of piperazine rings is 1. The highest BCUT2D eigenvalue weighted by atomic mass is 32.1. The Morgan fingerprint density at radius 2 is 1.97 bits per heavy atom. The molecule has 0 aliphatic carbocycles. The molecule has 1 amide bonds. The van der Waals surface area contributed by atoms with Crippen molar-refractivity contribution < 1.29 is 9.53 Å². The molecule has 3 aromatic rings. The molecule has 29 heavy (non-hydrogen) atoms. The fourth-order valence-corrected chi connectivity index (χ4v) is 3.90. The van der Waals surface area contributed by atoms with E-state index in [1.807, 2.05) is 28.5 Å². The number of amides is 1. The fourth-order valence-electron chi connectivity index (χ4n) is 3.19. The first-order chi connectivity index (χ1) is 14.2. The van der Waals surface area contributed by atoms with E-state index in [4.69, 9.17) is 4.74 Å². The molecule has 1 N–H and O–H groups in total. The van der Waals surface area contributed by atoms with E-state index in [0.29, 0.717) is 30.6 Å². The first kappa shape index (κ1) is 19.1. The zero-order valence-electron chi connectivity index (χ0n) is 16.1. The zero-order valence-corrected chi connectivity index (χ0v) is 16.9. The van der Waals surface area contributed by atoms with Crippen LogP contribution in [-0.4, -0.2) is 59.0 Å². The molecule has 0 saturated carbocycles. The van der Waals surface area contributed by atoms with Crippen LogP contribution in [0.25, 0.3) is 0 Å². The lowest BCUT2D eigenvalue weighted by molar-refractivity contribution is -0.130. The van der Waals surface area contributed by atoms with Gasteiger partial charge in [-0.1, -0.05) is 6.07 Å². The molecule has 1 fully saturated rings. The van der Waals surface area contributed by atoms with Crippen LogP contribution in [0.4, 0.5) is 16.8 Å². The molecule has 9 heteroatoms. The second-order valence-electron chi connectivity index (χ2n) is 6.59. The van der Waals surface area contributed by atoms with Crippen LogP contribution in [0.1, 0.15) is 5.69 Å². The molecule has 0 radical (unpaired) electrons. The van der Waals surface area contributed by atoms with Crippen LogP contribution in [0, 0.1) is 0 Å². The molecule has 1 aliphatic heterocycles. The first-order valence-electron chi connectivity index (χ1n) is 9.36. The lowest BCUT2D eigenvalue weighted by Crippen LogP contribution is -2.49. The van der Waals surface area contributed by atoms with Crippen LogP contribution < -0.4 is 15.0 Å². The SMILES string of the molecule is COc1cccc(N2CCN(C(=O)Cc3csc(Nc4ncccn4)n3)CC2)c1. The Bertz CT molecular complexity index is 956. The van der Waals surface area contributed by atoms with Gasteiger partial charge in [-0.05, 0) is 18.2 Å². The summed E-state index contributed by atoms with van der Waals surface area (Å²) in [6.45, 7) is 2.99. The third-order valence-electron chi connectivity index (χ3n) is 4.72. The van der Waals surface area contributed by atoms with E-state index in [1.165, 1.54) is 11.3 Å². The molecule has 0 atom stereocenters. The fraction of sp³-hybridized carbons (Fsp3) is 0.300. The monoisotopic (exact) mass is 410 g/mol. The van der Waals surface area contributed by atoms with Gasteiger partial charge in [0.1, 0.15) is 5.75 Å². The van der Waals surface area contributed by atoms with Gasteiger partial charge in [0.05, 0.1) is 19.2 Å². The third kappa shape index (κ3) is 4.80. The van der Waals surface area contributed by atoms with Crippen molar-refractivity contribution in [2.75, 3.05) is 43.5 Å². The van der Waals surface area contributed by atoms with Crippen LogP contribution in [0.3, 0.4) is 0 Å². The molecule has 2 aromatic heterocycles. The summed E-state index contributed by atoms with van der Waals surface area (Å²) in [6.07, 6.45) is 3.63. The van der Waals surface area contributed by atoms with Crippen LogP contribution in [0.15, 0.2) is 48.1 Å². The minimum absolute atomic E-state index is 0.100. The number of benzene rings is 1. The Balaban J connectivity index is 1.30. The summed E-state index contributed by atoms with van der Waals surface area (Å²) in [5.41, 5.74) is 1.88. The summed E-state index contributed by atoms with van der Waals surface area (Å²) >= 11 is 1.44. The highest BCUT2D eigenvalue weighted by molar-refractivity contribution is 7.13. The molecule has 3 heterocycles. The Kier molecular flexibility index (Phi) is 5.85. The standard InChI is InChI=1S/C20H22N6O2S/c1-28-17-5-2-4-16(13-17)25-8-10-26(11-9-25)18(27)12-15-14-29-20(23-15)24-19-21-6-3-7-22-19/h2-7,13-14H,8-12H2,1H3,(H,21,22,23,24). The maximum absolute atomic E-state index is 12.7. The average Bonchev–Trinajstić information content (AvgIpc) is 3.21. The highest BCUT2D eigenvalue weighted by Crippen LogP contribution is 2.23. The number of hydrogen-bond acceptors (Lipinski definition) is 8. The number of methoxy groups -OCH3 is 1. The van der Waals surface area contributed by atoms with Crippen molar-refractivity contribution in [3.63, 3.8) is 0 Å². The van der Waals surface area contributed by atoms with E-state index < -0.39 is 0 Å². The van der Waals surface area contributed by atoms with Gasteiger partial charge in [0.15, 0.2) is 5.13 Å². The summed E-state index contributed by atoms with van der Waals surface area (Å²) in [7, 11) is 1.67. The zero-order chi connectivity index (χ0) is 20.1. The van der Waals surface area contributed by atoms with E-state index in [-0.39, 0.29) is 5.91 Å². The Morgan fingerprint density at radius 3 is 2.72 bits per heavy atom. The minimum Gasteiger partial charge on any atom is -0.497 e. The van der Waals surface area contributed by atoms with Gasteiger partial charge in [-0.3, -0.25) is 4.79 Å². The molecule has 0 spiro atoms. The van der Waals surface area contributed by atoms with Gasteiger partial charge >= 0.3 is 0 Å². The van der Waals surface area contributed by atoms with Gasteiger partial charge in [0.2, 0.25) is 11.9 Å². The van der Waals surface area contributed by atoms with Gasteiger partial charge in [-0.2, -0.15) is 0 Å². The van der Waals surface area contributed by atoms with Gasteiger partial charge in [0.25, 0.3) is 0 Å². The smallest absolute Gasteiger partial charge is 0.228 e. The van der Waals surface area contributed by atoms with Crippen molar-refractivity contribution in [2.45, 2.75) is 6.42 Å². The maximum Gasteiger partial charge on any atom is 0.228 e. The van der Waals surface area contributed by atoms with Crippen molar-refractivity contribution in [2.24, 2.45) is 0 Å². The van der Waals surface area contributed by atoms with Gasteiger partial charge in [-0.25, -0.2) is 15.0 Å². The number of carbonyl (C=O) groups is 1.